The van der Waals surface area contributed by atoms with Gasteiger partial charge >= 0.3 is 5.97 Å². The lowest BCUT2D eigenvalue weighted by Gasteiger charge is -2.07. The SMILES string of the molecule is CCOC(=O)Cc1csc(NC(=O)c2cnn(-c3ccc(F)cc3)c2CC)n1. The third kappa shape index (κ3) is 4.42. The highest BCUT2D eigenvalue weighted by Gasteiger charge is 2.19. The monoisotopic (exact) mass is 402 g/mol. The molecule has 3 rings (SSSR count). The average Bonchev–Trinajstić information content (AvgIpc) is 3.29. The van der Waals surface area contributed by atoms with E-state index in [1.165, 1.54) is 29.7 Å². The molecular weight excluding hydrogens is 383 g/mol. The number of halogens is 1. The van der Waals surface area contributed by atoms with E-state index in [1.807, 2.05) is 6.92 Å². The first kappa shape index (κ1) is 19.7. The molecule has 0 bridgehead atoms. The largest absolute Gasteiger partial charge is 0.466 e. The van der Waals surface area contributed by atoms with Gasteiger partial charge in [0.15, 0.2) is 5.13 Å². The molecule has 2 heterocycles. The van der Waals surface area contributed by atoms with Crippen LogP contribution in [0.15, 0.2) is 35.8 Å². The number of rotatable bonds is 7. The summed E-state index contributed by atoms with van der Waals surface area (Å²) in [6.07, 6.45) is 2.10. The summed E-state index contributed by atoms with van der Waals surface area (Å²) >= 11 is 1.23. The second-order valence-electron chi connectivity index (χ2n) is 5.83. The van der Waals surface area contributed by atoms with E-state index < -0.39 is 0 Å². The number of benzene rings is 1. The normalized spacial score (nSPS) is 10.7. The van der Waals surface area contributed by atoms with Gasteiger partial charge in [-0.05, 0) is 37.6 Å². The van der Waals surface area contributed by atoms with Crippen LogP contribution in [0.25, 0.3) is 5.69 Å². The number of carbonyl (C=O) groups excluding carboxylic acids is 2. The predicted molar refractivity (Wildman–Crippen MR) is 103 cm³/mol. The molecule has 0 aliphatic heterocycles. The topological polar surface area (TPSA) is 86.1 Å². The first-order chi connectivity index (χ1) is 13.5. The molecule has 0 spiro atoms. The third-order valence-corrected chi connectivity index (χ3v) is 4.73. The van der Waals surface area contributed by atoms with Crippen LogP contribution in [-0.2, 0) is 22.4 Å². The van der Waals surface area contributed by atoms with Crippen molar-refractivity contribution in [2.45, 2.75) is 26.7 Å². The molecule has 3 aromatic rings. The van der Waals surface area contributed by atoms with E-state index in [9.17, 15) is 14.0 Å². The fourth-order valence-electron chi connectivity index (χ4n) is 2.68. The van der Waals surface area contributed by atoms with Crippen molar-refractivity contribution >= 4 is 28.3 Å². The quantitative estimate of drug-likeness (QED) is 0.612. The van der Waals surface area contributed by atoms with Crippen molar-refractivity contribution in [3.8, 4) is 5.69 Å². The van der Waals surface area contributed by atoms with Crippen molar-refractivity contribution in [1.82, 2.24) is 14.8 Å². The molecule has 7 nitrogen and oxygen atoms in total. The zero-order chi connectivity index (χ0) is 20.1. The van der Waals surface area contributed by atoms with Crippen LogP contribution in [0.2, 0.25) is 0 Å². The van der Waals surface area contributed by atoms with Crippen LogP contribution in [0.5, 0.6) is 0 Å². The summed E-state index contributed by atoms with van der Waals surface area (Å²) in [6, 6.07) is 5.89. The Bertz CT molecular complexity index is 981. The Morgan fingerprint density at radius 3 is 2.68 bits per heavy atom. The summed E-state index contributed by atoms with van der Waals surface area (Å²) in [5.41, 5.74) is 2.32. The second-order valence-corrected chi connectivity index (χ2v) is 6.68. The molecule has 0 unspecified atom stereocenters. The molecule has 1 N–H and O–H groups in total. The van der Waals surface area contributed by atoms with Crippen molar-refractivity contribution in [2.24, 2.45) is 0 Å². The molecule has 0 saturated carbocycles. The highest BCUT2D eigenvalue weighted by molar-refractivity contribution is 7.14. The second kappa shape index (κ2) is 8.75. The Morgan fingerprint density at radius 2 is 2.00 bits per heavy atom. The maximum Gasteiger partial charge on any atom is 0.311 e. The predicted octanol–water partition coefficient (Wildman–Crippen LogP) is 3.39. The van der Waals surface area contributed by atoms with Crippen LogP contribution in [0.4, 0.5) is 9.52 Å². The van der Waals surface area contributed by atoms with Gasteiger partial charge in [0.1, 0.15) is 5.82 Å². The van der Waals surface area contributed by atoms with E-state index in [0.717, 1.165) is 0 Å². The summed E-state index contributed by atoms with van der Waals surface area (Å²) in [5.74, 6) is -1.05. The number of amides is 1. The first-order valence-corrected chi connectivity index (χ1v) is 9.64. The molecule has 146 valence electrons. The lowest BCUT2D eigenvalue weighted by molar-refractivity contribution is -0.142. The number of nitrogens with one attached hydrogen (secondary N) is 1. The van der Waals surface area contributed by atoms with Crippen molar-refractivity contribution in [2.75, 3.05) is 11.9 Å². The maximum absolute atomic E-state index is 13.2. The molecule has 9 heteroatoms. The number of nitrogens with zero attached hydrogens (tertiary/aromatic N) is 3. The molecule has 1 aromatic carbocycles. The summed E-state index contributed by atoms with van der Waals surface area (Å²) in [7, 11) is 0. The Hall–Kier alpha value is -3.07. The van der Waals surface area contributed by atoms with Gasteiger partial charge in [0.25, 0.3) is 5.91 Å². The molecule has 0 saturated heterocycles. The van der Waals surface area contributed by atoms with Crippen LogP contribution < -0.4 is 5.32 Å². The Labute approximate surface area is 165 Å². The van der Waals surface area contributed by atoms with Gasteiger partial charge < -0.3 is 4.74 Å². The van der Waals surface area contributed by atoms with Crippen LogP contribution in [0.3, 0.4) is 0 Å². The van der Waals surface area contributed by atoms with Gasteiger partial charge in [-0.15, -0.1) is 11.3 Å². The Balaban J connectivity index is 1.75. The molecule has 28 heavy (non-hydrogen) atoms. The van der Waals surface area contributed by atoms with Crippen LogP contribution in [0.1, 0.15) is 35.6 Å². The number of hydrogen-bond acceptors (Lipinski definition) is 6. The fraction of sp³-hybridized carbons (Fsp3) is 0.263. The third-order valence-electron chi connectivity index (χ3n) is 3.92. The number of ether oxygens (including phenoxy) is 1. The Kier molecular flexibility index (Phi) is 6.15. The molecular formula is C19H19FN4O3S. The van der Waals surface area contributed by atoms with Gasteiger partial charge in [0, 0.05) is 5.38 Å². The molecule has 1 amide bonds. The van der Waals surface area contributed by atoms with Gasteiger partial charge in [-0.25, -0.2) is 14.1 Å². The molecule has 2 aromatic heterocycles. The standard InChI is InChI=1S/C19H19FN4O3S/c1-3-16-15(10-21-24(16)14-7-5-12(20)6-8-14)18(26)23-19-22-13(11-28-19)9-17(25)27-4-2/h5-8,10-11H,3-4,9H2,1-2H3,(H,22,23,26). The number of thiazole rings is 1. The zero-order valence-electron chi connectivity index (χ0n) is 15.4. The Morgan fingerprint density at radius 1 is 1.25 bits per heavy atom. The van der Waals surface area contributed by atoms with Crippen LogP contribution >= 0.6 is 11.3 Å². The number of anilines is 1. The number of esters is 1. The van der Waals surface area contributed by atoms with Crippen LogP contribution in [-0.4, -0.2) is 33.2 Å². The molecule has 0 atom stereocenters. The van der Waals surface area contributed by atoms with Gasteiger partial charge in [-0.2, -0.15) is 5.10 Å². The van der Waals surface area contributed by atoms with E-state index in [0.29, 0.717) is 40.8 Å². The van der Waals surface area contributed by atoms with E-state index in [-0.39, 0.29) is 24.1 Å². The lowest BCUT2D eigenvalue weighted by atomic mass is 10.2. The van der Waals surface area contributed by atoms with Gasteiger partial charge in [0.05, 0.1) is 41.9 Å². The van der Waals surface area contributed by atoms with Gasteiger partial charge in [-0.3, -0.25) is 14.9 Å². The zero-order valence-corrected chi connectivity index (χ0v) is 16.3. The first-order valence-electron chi connectivity index (χ1n) is 8.76. The number of aromatic nitrogens is 3. The minimum atomic E-state index is -0.362. The van der Waals surface area contributed by atoms with Gasteiger partial charge in [0.2, 0.25) is 0 Å². The maximum atomic E-state index is 13.2. The van der Waals surface area contributed by atoms with E-state index in [4.69, 9.17) is 4.74 Å². The average molecular weight is 402 g/mol. The minimum absolute atomic E-state index is 0.0585. The van der Waals surface area contributed by atoms with E-state index >= 15 is 0 Å². The lowest BCUT2D eigenvalue weighted by Crippen LogP contribution is -2.14. The molecule has 0 radical (unpaired) electrons. The number of carbonyl (C=O) groups is 2. The van der Waals surface area contributed by atoms with Crippen molar-refractivity contribution in [3.63, 3.8) is 0 Å². The van der Waals surface area contributed by atoms with Crippen molar-refractivity contribution in [3.05, 3.63) is 58.6 Å². The summed E-state index contributed by atoms with van der Waals surface area (Å²) in [4.78, 5) is 28.5. The van der Waals surface area contributed by atoms with Crippen LogP contribution in [0, 0.1) is 5.82 Å². The van der Waals surface area contributed by atoms with E-state index in [1.54, 1.807) is 29.1 Å². The van der Waals surface area contributed by atoms with Crippen molar-refractivity contribution in [1.29, 1.82) is 0 Å². The molecule has 0 aliphatic carbocycles. The molecule has 0 fully saturated rings. The number of hydrogen-bond donors (Lipinski definition) is 1. The molecule has 0 aliphatic rings. The summed E-state index contributed by atoms with van der Waals surface area (Å²) < 4.78 is 19.7. The summed E-state index contributed by atoms with van der Waals surface area (Å²) in [6.45, 7) is 3.96. The summed E-state index contributed by atoms with van der Waals surface area (Å²) in [5, 5.41) is 9.10. The smallest absolute Gasteiger partial charge is 0.311 e. The van der Waals surface area contributed by atoms with E-state index in [2.05, 4.69) is 15.4 Å². The minimum Gasteiger partial charge on any atom is -0.466 e. The van der Waals surface area contributed by atoms with Crippen molar-refractivity contribution < 1.29 is 18.7 Å². The highest BCUT2D eigenvalue weighted by Crippen LogP contribution is 2.20. The van der Waals surface area contributed by atoms with Gasteiger partial charge in [-0.1, -0.05) is 6.92 Å². The fourth-order valence-corrected chi connectivity index (χ4v) is 3.38. The highest BCUT2D eigenvalue weighted by atomic mass is 32.1.